The number of aromatic nitrogens is 2. The van der Waals surface area contributed by atoms with Crippen molar-refractivity contribution in [2.24, 2.45) is 7.05 Å². The molecule has 0 aromatic carbocycles. The van der Waals surface area contributed by atoms with Crippen LogP contribution >= 0.6 is 11.6 Å². The van der Waals surface area contributed by atoms with Crippen molar-refractivity contribution >= 4 is 21.6 Å². The fourth-order valence-electron chi connectivity index (χ4n) is 1.48. The van der Waals surface area contributed by atoms with Crippen molar-refractivity contribution < 1.29 is 8.42 Å². The van der Waals surface area contributed by atoms with Gasteiger partial charge in [0, 0.05) is 25.1 Å². The molecule has 0 radical (unpaired) electrons. The molecule has 0 amide bonds. The van der Waals surface area contributed by atoms with Crippen LogP contribution in [0.15, 0.2) is 41.6 Å². The summed E-state index contributed by atoms with van der Waals surface area (Å²) >= 11 is 5.67. The van der Waals surface area contributed by atoms with Crippen molar-refractivity contribution in [3.8, 4) is 0 Å². The van der Waals surface area contributed by atoms with Crippen LogP contribution in [0.5, 0.6) is 0 Å². The van der Waals surface area contributed by atoms with E-state index in [1.807, 2.05) is 29.9 Å². The molecule has 0 aliphatic rings. The molecule has 5 nitrogen and oxygen atoms in total. The maximum absolute atomic E-state index is 12.0. The van der Waals surface area contributed by atoms with E-state index in [4.69, 9.17) is 11.6 Å². The van der Waals surface area contributed by atoms with E-state index in [9.17, 15) is 8.42 Å². The fraction of sp³-hybridized carbons (Fsp3) is 0.182. The lowest BCUT2D eigenvalue weighted by Gasteiger charge is -2.07. The van der Waals surface area contributed by atoms with E-state index >= 15 is 0 Å². The number of pyridine rings is 1. The Morgan fingerprint density at radius 3 is 2.83 bits per heavy atom. The van der Waals surface area contributed by atoms with E-state index in [0.717, 1.165) is 5.69 Å². The second kappa shape index (κ2) is 5.09. The zero-order valence-electron chi connectivity index (χ0n) is 9.67. The first-order chi connectivity index (χ1) is 8.49. The van der Waals surface area contributed by atoms with Gasteiger partial charge in [-0.05, 0) is 24.3 Å². The van der Waals surface area contributed by atoms with E-state index in [-0.39, 0.29) is 16.6 Å². The van der Waals surface area contributed by atoms with Crippen LogP contribution in [0.25, 0.3) is 0 Å². The minimum Gasteiger partial charge on any atom is -0.353 e. The smallest absolute Gasteiger partial charge is 0.241 e. The molecule has 18 heavy (non-hydrogen) atoms. The Hall–Kier alpha value is -1.37. The Bertz CT molecular complexity index is 652. The minimum absolute atomic E-state index is 0.108. The predicted molar refractivity (Wildman–Crippen MR) is 68.7 cm³/mol. The Morgan fingerprint density at radius 1 is 1.44 bits per heavy atom. The van der Waals surface area contributed by atoms with Gasteiger partial charge < -0.3 is 4.57 Å². The van der Waals surface area contributed by atoms with Gasteiger partial charge in [0.25, 0.3) is 0 Å². The number of aryl methyl sites for hydroxylation is 1. The highest BCUT2D eigenvalue weighted by molar-refractivity contribution is 7.89. The first-order valence-electron chi connectivity index (χ1n) is 5.20. The lowest BCUT2D eigenvalue weighted by Crippen LogP contribution is -2.24. The summed E-state index contributed by atoms with van der Waals surface area (Å²) in [5, 5.41) is 0.150. The van der Waals surface area contributed by atoms with E-state index in [0.29, 0.717) is 0 Å². The standard InChI is InChI=1S/C11H12ClN3O2S/c1-15-6-2-3-9(15)8-14-18(16,17)10-4-5-13-11(12)7-10/h2-7,14H,8H2,1H3. The molecule has 7 heteroatoms. The van der Waals surface area contributed by atoms with Crippen LogP contribution in [-0.4, -0.2) is 18.0 Å². The molecule has 0 fully saturated rings. The first-order valence-corrected chi connectivity index (χ1v) is 7.06. The van der Waals surface area contributed by atoms with Crippen LogP contribution in [0, 0.1) is 0 Å². The highest BCUT2D eigenvalue weighted by Gasteiger charge is 2.14. The van der Waals surface area contributed by atoms with Crippen molar-refractivity contribution in [1.82, 2.24) is 14.3 Å². The highest BCUT2D eigenvalue weighted by atomic mass is 35.5. The van der Waals surface area contributed by atoms with Gasteiger partial charge in [0.1, 0.15) is 5.15 Å². The van der Waals surface area contributed by atoms with Crippen molar-refractivity contribution in [1.29, 1.82) is 0 Å². The van der Waals surface area contributed by atoms with Gasteiger partial charge >= 0.3 is 0 Å². The summed E-state index contributed by atoms with van der Waals surface area (Å²) in [5.41, 5.74) is 0.874. The van der Waals surface area contributed by atoms with Gasteiger partial charge in [-0.25, -0.2) is 18.1 Å². The van der Waals surface area contributed by atoms with Crippen LogP contribution in [-0.2, 0) is 23.6 Å². The molecule has 0 saturated carbocycles. The van der Waals surface area contributed by atoms with Crippen LogP contribution in [0.3, 0.4) is 0 Å². The molecule has 2 heterocycles. The summed E-state index contributed by atoms with van der Waals surface area (Å²) < 4.78 is 28.3. The molecule has 0 aliphatic heterocycles. The number of sulfonamides is 1. The first kappa shape index (κ1) is 13.1. The largest absolute Gasteiger partial charge is 0.353 e. The van der Waals surface area contributed by atoms with Gasteiger partial charge in [-0.15, -0.1) is 0 Å². The zero-order valence-corrected chi connectivity index (χ0v) is 11.2. The van der Waals surface area contributed by atoms with Crippen LogP contribution < -0.4 is 4.72 Å². The number of nitrogens with one attached hydrogen (secondary N) is 1. The Balaban J connectivity index is 2.16. The van der Waals surface area contributed by atoms with Crippen molar-refractivity contribution in [3.63, 3.8) is 0 Å². The minimum atomic E-state index is -3.56. The number of hydrogen-bond acceptors (Lipinski definition) is 3. The summed E-state index contributed by atoms with van der Waals surface area (Å²) in [6, 6.07) is 6.42. The quantitative estimate of drug-likeness (QED) is 0.867. The van der Waals surface area contributed by atoms with Gasteiger partial charge in [-0.2, -0.15) is 0 Å². The highest BCUT2D eigenvalue weighted by Crippen LogP contribution is 2.13. The molecule has 0 spiro atoms. The lowest BCUT2D eigenvalue weighted by atomic mass is 10.4. The van der Waals surface area contributed by atoms with E-state index in [1.165, 1.54) is 18.3 Å². The third-order valence-electron chi connectivity index (χ3n) is 2.50. The van der Waals surface area contributed by atoms with Crippen LogP contribution in [0.2, 0.25) is 5.15 Å². The SMILES string of the molecule is Cn1cccc1CNS(=O)(=O)c1ccnc(Cl)c1. The topological polar surface area (TPSA) is 64.0 Å². The number of nitrogens with zero attached hydrogens (tertiary/aromatic N) is 2. The Morgan fingerprint density at radius 2 is 2.22 bits per heavy atom. The molecular formula is C11H12ClN3O2S. The van der Waals surface area contributed by atoms with Gasteiger partial charge in [-0.1, -0.05) is 11.6 Å². The molecular weight excluding hydrogens is 274 g/mol. The summed E-state index contributed by atoms with van der Waals surface area (Å²) in [5.74, 6) is 0. The zero-order chi connectivity index (χ0) is 13.2. The molecule has 0 unspecified atom stereocenters. The number of rotatable bonds is 4. The van der Waals surface area contributed by atoms with Crippen molar-refractivity contribution in [3.05, 3.63) is 47.5 Å². The molecule has 0 aliphatic carbocycles. The molecule has 0 bridgehead atoms. The molecule has 2 rings (SSSR count). The third-order valence-corrected chi connectivity index (χ3v) is 4.11. The average molecular weight is 286 g/mol. The third kappa shape index (κ3) is 2.90. The van der Waals surface area contributed by atoms with Gasteiger partial charge in [-0.3, -0.25) is 0 Å². The van der Waals surface area contributed by atoms with Gasteiger partial charge in [0.15, 0.2) is 0 Å². The normalized spacial score (nSPS) is 11.7. The molecule has 96 valence electrons. The van der Waals surface area contributed by atoms with Crippen molar-refractivity contribution in [2.75, 3.05) is 0 Å². The molecule has 2 aromatic rings. The maximum Gasteiger partial charge on any atom is 0.241 e. The summed E-state index contributed by atoms with van der Waals surface area (Å²) in [7, 11) is -1.71. The van der Waals surface area contributed by atoms with Gasteiger partial charge in [0.2, 0.25) is 10.0 Å². The molecule has 2 aromatic heterocycles. The molecule has 0 atom stereocenters. The summed E-state index contributed by atoms with van der Waals surface area (Å²) in [4.78, 5) is 3.85. The van der Waals surface area contributed by atoms with Crippen LogP contribution in [0.1, 0.15) is 5.69 Å². The Kier molecular flexibility index (Phi) is 3.70. The van der Waals surface area contributed by atoms with Crippen LogP contribution in [0.4, 0.5) is 0 Å². The fourth-order valence-corrected chi connectivity index (χ4v) is 2.73. The average Bonchev–Trinajstić information content (AvgIpc) is 2.72. The number of halogens is 1. The van der Waals surface area contributed by atoms with Crippen molar-refractivity contribution in [2.45, 2.75) is 11.4 Å². The summed E-state index contributed by atoms with van der Waals surface area (Å²) in [6.45, 7) is 0.228. The number of hydrogen-bond donors (Lipinski definition) is 1. The summed E-state index contributed by atoms with van der Waals surface area (Å²) in [6.07, 6.45) is 3.21. The van der Waals surface area contributed by atoms with E-state index < -0.39 is 10.0 Å². The maximum atomic E-state index is 12.0. The second-order valence-corrected chi connectivity index (χ2v) is 5.90. The Labute approximate surface area is 110 Å². The van der Waals surface area contributed by atoms with Gasteiger partial charge in [0.05, 0.1) is 11.4 Å². The monoisotopic (exact) mass is 285 g/mol. The van der Waals surface area contributed by atoms with E-state index in [2.05, 4.69) is 9.71 Å². The molecule has 0 saturated heterocycles. The predicted octanol–water partition coefficient (Wildman–Crippen LogP) is 1.55. The lowest BCUT2D eigenvalue weighted by molar-refractivity contribution is 0.579. The van der Waals surface area contributed by atoms with E-state index in [1.54, 1.807) is 0 Å². The molecule has 1 N–H and O–H groups in total. The second-order valence-electron chi connectivity index (χ2n) is 3.75.